The van der Waals surface area contributed by atoms with Gasteiger partial charge >= 0.3 is 5.97 Å². The first kappa shape index (κ1) is 11.6. The number of amides is 2. The molecule has 7 heteroatoms. The van der Waals surface area contributed by atoms with Crippen molar-refractivity contribution in [1.29, 1.82) is 0 Å². The van der Waals surface area contributed by atoms with Crippen LogP contribution in [0.2, 0.25) is 0 Å². The highest BCUT2D eigenvalue weighted by Crippen LogP contribution is 2.24. The fourth-order valence-corrected chi connectivity index (χ4v) is 1.39. The highest BCUT2D eigenvalue weighted by atomic mass is 16.4. The first-order valence-corrected chi connectivity index (χ1v) is 4.30. The van der Waals surface area contributed by atoms with Crippen molar-refractivity contribution < 1.29 is 29.7 Å². The second-order valence-corrected chi connectivity index (χ2v) is 3.35. The second kappa shape index (κ2) is 3.95. The molecule has 15 heavy (non-hydrogen) atoms. The van der Waals surface area contributed by atoms with E-state index >= 15 is 0 Å². The predicted octanol–water partition coefficient (Wildman–Crippen LogP) is -2.06. The molecule has 0 bridgehead atoms. The number of hydrogen-bond acceptors (Lipinski definition) is 5. The van der Waals surface area contributed by atoms with Crippen molar-refractivity contribution in [2.75, 3.05) is 13.2 Å². The van der Waals surface area contributed by atoms with E-state index in [-0.39, 0.29) is 13.2 Å². The number of likely N-dealkylation sites (tertiary alicyclic amines) is 1. The molecule has 2 amide bonds. The van der Waals surface area contributed by atoms with Gasteiger partial charge in [0.15, 0.2) is 5.60 Å². The van der Waals surface area contributed by atoms with E-state index in [1.54, 1.807) is 0 Å². The van der Waals surface area contributed by atoms with Gasteiger partial charge in [-0.2, -0.15) is 0 Å². The molecule has 3 N–H and O–H groups in total. The Hall–Kier alpha value is -1.47. The van der Waals surface area contributed by atoms with Crippen LogP contribution >= 0.6 is 0 Å². The molecule has 0 aliphatic carbocycles. The van der Waals surface area contributed by atoms with Gasteiger partial charge in [-0.25, -0.2) is 4.79 Å². The lowest BCUT2D eigenvalue weighted by Crippen LogP contribution is -2.55. The minimum Gasteiger partial charge on any atom is -0.479 e. The van der Waals surface area contributed by atoms with Gasteiger partial charge in [-0.05, 0) is 0 Å². The van der Waals surface area contributed by atoms with Gasteiger partial charge in [0.1, 0.15) is 0 Å². The zero-order valence-electron chi connectivity index (χ0n) is 7.84. The SMILES string of the molecule is O=C1CC(O)(C(=O)O)CC(=O)N1CCO. The number of carboxylic acid groups (broad SMARTS) is 1. The molecule has 0 aromatic carbocycles. The van der Waals surface area contributed by atoms with E-state index in [0.29, 0.717) is 0 Å². The van der Waals surface area contributed by atoms with Crippen LogP contribution in [0.25, 0.3) is 0 Å². The topological polar surface area (TPSA) is 115 Å². The van der Waals surface area contributed by atoms with E-state index in [1.807, 2.05) is 0 Å². The summed E-state index contributed by atoms with van der Waals surface area (Å²) in [6.45, 7) is -0.559. The van der Waals surface area contributed by atoms with Crippen LogP contribution in [0.3, 0.4) is 0 Å². The Balaban J connectivity index is 2.84. The second-order valence-electron chi connectivity index (χ2n) is 3.35. The van der Waals surface area contributed by atoms with Gasteiger partial charge in [-0.15, -0.1) is 0 Å². The molecule has 1 aliphatic heterocycles. The van der Waals surface area contributed by atoms with Crippen molar-refractivity contribution in [2.45, 2.75) is 18.4 Å². The standard InChI is InChI=1S/C8H11NO6/c10-2-1-9-5(11)3-8(15,7(13)14)4-6(9)12/h10,15H,1-4H2,(H,13,14). The van der Waals surface area contributed by atoms with E-state index in [9.17, 15) is 19.5 Å². The molecule has 0 spiro atoms. The lowest BCUT2D eigenvalue weighted by Gasteiger charge is -2.32. The summed E-state index contributed by atoms with van der Waals surface area (Å²) >= 11 is 0. The van der Waals surface area contributed by atoms with Crippen LogP contribution in [0.1, 0.15) is 12.8 Å². The number of imide groups is 1. The van der Waals surface area contributed by atoms with Crippen molar-refractivity contribution in [3.63, 3.8) is 0 Å². The first-order valence-electron chi connectivity index (χ1n) is 4.30. The third kappa shape index (κ3) is 2.13. The maximum atomic E-state index is 11.3. The maximum Gasteiger partial charge on any atom is 0.336 e. The number of rotatable bonds is 3. The lowest BCUT2D eigenvalue weighted by atomic mass is 9.90. The molecule has 0 atom stereocenters. The van der Waals surface area contributed by atoms with Gasteiger partial charge in [0.05, 0.1) is 26.0 Å². The summed E-state index contributed by atoms with van der Waals surface area (Å²) < 4.78 is 0. The van der Waals surface area contributed by atoms with E-state index in [2.05, 4.69) is 0 Å². The normalized spacial score (nSPS) is 20.5. The highest BCUT2D eigenvalue weighted by molar-refractivity contribution is 6.03. The zero-order valence-corrected chi connectivity index (χ0v) is 7.84. The van der Waals surface area contributed by atoms with E-state index in [4.69, 9.17) is 10.2 Å². The quantitative estimate of drug-likeness (QED) is 0.468. The molecule has 0 aromatic heterocycles. The molecular formula is C8H11NO6. The number of carboxylic acids is 1. The van der Waals surface area contributed by atoms with Crippen LogP contribution in [0.5, 0.6) is 0 Å². The third-order valence-corrected chi connectivity index (χ3v) is 2.21. The van der Waals surface area contributed by atoms with Crippen LogP contribution in [0.4, 0.5) is 0 Å². The molecular weight excluding hydrogens is 206 g/mol. The van der Waals surface area contributed by atoms with Crippen LogP contribution in [-0.4, -0.2) is 56.8 Å². The molecule has 0 saturated carbocycles. The average molecular weight is 217 g/mol. The highest BCUT2D eigenvalue weighted by Gasteiger charge is 2.47. The van der Waals surface area contributed by atoms with Crippen LogP contribution < -0.4 is 0 Å². The minimum atomic E-state index is -2.31. The molecule has 1 saturated heterocycles. The third-order valence-electron chi connectivity index (χ3n) is 2.21. The maximum absolute atomic E-state index is 11.3. The first-order chi connectivity index (χ1) is 6.90. The van der Waals surface area contributed by atoms with E-state index in [1.165, 1.54) is 0 Å². The van der Waals surface area contributed by atoms with E-state index < -0.39 is 36.2 Å². The summed E-state index contributed by atoms with van der Waals surface area (Å²) in [6.07, 6.45) is -1.29. The number of aliphatic hydroxyl groups is 2. The fraction of sp³-hybridized carbons (Fsp3) is 0.625. The molecule has 1 heterocycles. The van der Waals surface area contributed by atoms with Crippen molar-refractivity contribution >= 4 is 17.8 Å². The Labute approximate surface area is 84.9 Å². The number of β-amino-alcohol motifs (C(OH)–C–C–N with tert-alkyl or cyclic N) is 1. The summed E-state index contributed by atoms with van der Waals surface area (Å²) in [5.41, 5.74) is -2.31. The fourth-order valence-electron chi connectivity index (χ4n) is 1.39. The van der Waals surface area contributed by atoms with Crippen molar-refractivity contribution in [3.05, 3.63) is 0 Å². The largest absolute Gasteiger partial charge is 0.479 e. The van der Waals surface area contributed by atoms with Crippen LogP contribution in [-0.2, 0) is 14.4 Å². The summed E-state index contributed by atoms with van der Waals surface area (Å²) in [5, 5.41) is 26.6. The summed E-state index contributed by atoms with van der Waals surface area (Å²) in [4.78, 5) is 33.9. The predicted molar refractivity (Wildman–Crippen MR) is 45.6 cm³/mol. The number of carbonyl (C=O) groups excluding carboxylic acids is 2. The molecule has 0 unspecified atom stereocenters. The van der Waals surface area contributed by atoms with E-state index in [0.717, 1.165) is 4.90 Å². The number of nitrogens with zero attached hydrogens (tertiary/aromatic N) is 1. The van der Waals surface area contributed by atoms with Crippen LogP contribution in [0, 0.1) is 0 Å². The summed E-state index contributed by atoms with van der Waals surface area (Å²) in [7, 11) is 0. The number of aliphatic carboxylic acids is 1. The van der Waals surface area contributed by atoms with Gasteiger partial charge in [0.2, 0.25) is 11.8 Å². The molecule has 1 fully saturated rings. The van der Waals surface area contributed by atoms with Crippen LogP contribution in [0.15, 0.2) is 0 Å². The molecule has 1 aliphatic rings. The van der Waals surface area contributed by atoms with Gasteiger partial charge in [0, 0.05) is 0 Å². The zero-order chi connectivity index (χ0) is 11.6. The average Bonchev–Trinajstić information content (AvgIpc) is 2.11. The Bertz CT molecular complexity index is 294. The Kier molecular flexibility index (Phi) is 3.06. The molecule has 84 valence electrons. The summed E-state index contributed by atoms with van der Waals surface area (Å²) in [5.74, 6) is -3.16. The Morgan fingerprint density at radius 3 is 2.13 bits per heavy atom. The number of carbonyl (C=O) groups is 3. The van der Waals surface area contributed by atoms with Crippen molar-refractivity contribution in [3.8, 4) is 0 Å². The van der Waals surface area contributed by atoms with Gasteiger partial charge in [0.25, 0.3) is 0 Å². The lowest BCUT2D eigenvalue weighted by molar-refractivity contribution is -0.175. The van der Waals surface area contributed by atoms with Gasteiger partial charge < -0.3 is 15.3 Å². The molecule has 0 aromatic rings. The number of aliphatic hydroxyl groups excluding tert-OH is 1. The van der Waals surface area contributed by atoms with Crippen molar-refractivity contribution in [1.82, 2.24) is 4.90 Å². The molecule has 1 rings (SSSR count). The van der Waals surface area contributed by atoms with Crippen molar-refractivity contribution in [2.24, 2.45) is 0 Å². The Morgan fingerprint density at radius 1 is 1.33 bits per heavy atom. The van der Waals surface area contributed by atoms with Gasteiger partial charge in [-0.1, -0.05) is 0 Å². The molecule has 0 radical (unpaired) electrons. The monoisotopic (exact) mass is 217 g/mol. The smallest absolute Gasteiger partial charge is 0.336 e. The Morgan fingerprint density at radius 2 is 1.80 bits per heavy atom. The molecule has 7 nitrogen and oxygen atoms in total. The number of piperidine rings is 1. The minimum absolute atomic E-state index is 0.173. The number of hydrogen-bond donors (Lipinski definition) is 3. The summed E-state index contributed by atoms with van der Waals surface area (Å²) in [6, 6.07) is 0. The van der Waals surface area contributed by atoms with Gasteiger partial charge in [-0.3, -0.25) is 14.5 Å².